The van der Waals surface area contributed by atoms with Crippen molar-refractivity contribution >= 4 is 39.1 Å². The first kappa shape index (κ1) is 14.5. The molecule has 0 heterocycles. The molecule has 0 bridgehead atoms. The average molecular weight is 320 g/mol. The maximum Gasteiger partial charge on any atom is 0.225 e. The summed E-state index contributed by atoms with van der Waals surface area (Å²) in [6.45, 7) is 4.84. The lowest BCUT2D eigenvalue weighted by molar-refractivity contribution is -0.116. The van der Waals surface area contributed by atoms with E-state index in [9.17, 15) is 4.79 Å². The van der Waals surface area contributed by atoms with E-state index >= 15 is 0 Å². The van der Waals surface area contributed by atoms with Crippen LogP contribution in [0.15, 0.2) is 22.7 Å². The molecule has 94 valence electrons. The summed E-state index contributed by atoms with van der Waals surface area (Å²) in [6.07, 6.45) is 0.427. The first-order chi connectivity index (χ1) is 8.02. The molecule has 0 saturated carbocycles. The normalized spacial score (nSPS) is 12.2. The molecule has 17 heavy (non-hydrogen) atoms. The Morgan fingerprint density at radius 3 is 2.88 bits per heavy atom. The predicted molar refractivity (Wildman–Crippen MR) is 75.5 cm³/mol. The lowest BCUT2D eigenvalue weighted by atomic mass is 10.2. The number of carbonyl (C=O) groups excluding carboxylic acids is 1. The van der Waals surface area contributed by atoms with Crippen molar-refractivity contribution in [2.24, 2.45) is 0 Å². The van der Waals surface area contributed by atoms with Crippen molar-refractivity contribution in [3.8, 4) is 0 Å². The van der Waals surface area contributed by atoms with Gasteiger partial charge in [0.15, 0.2) is 0 Å². The van der Waals surface area contributed by atoms with E-state index in [1.54, 1.807) is 12.1 Å². The van der Waals surface area contributed by atoms with Crippen LogP contribution in [0.25, 0.3) is 0 Å². The molecule has 0 saturated heterocycles. The molecule has 0 spiro atoms. The quantitative estimate of drug-likeness (QED) is 0.873. The Morgan fingerprint density at radius 1 is 1.53 bits per heavy atom. The Labute approximate surface area is 115 Å². The van der Waals surface area contributed by atoms with Crippen molar-refractivity contribution in [3.05, 3.63) is 27.7 Å². The van der Waals surface area contributed by atoms with Crippen molar-refractivity contribution in [1.29, 1.82) is 0 Å². The molecule has 0 aliphatic carbocycles. The Balaban J connectivity index is 2.58. The molecule has 0 radical (unpaired) electrons. The number of carbonyl (C=O) groups is 1. The molecule has 0 aliphatic rings. The van der Waals surface area contributed by atoms with Crippen LogP contribution in [0.2, 0.25) is 5.02 Å². The number of nitrogens with one attached hydrogen (secondary N) is 2. The fourth-order valence-electron chi connectivity index (χ4n) is 1.49. The first-order valence-electron chi connectivity index (χ1n) is 5.51. The van der Waals surface area contributed by atoms with E-state index in [0.29, 0.717) is 17.1 Å². The lowest BCUT2D eigenvalue weighted by Gasteiger charge is -2.13. The smallest absolute Gasteiger partial charge is 0.225 e. The van der Waals surface area contributed by atoms with Gasteiger partial charge in [-0.3, -0.25) is 4.79 Å². The van der Waals surface area contributed by atoms with E-state index < -0.39 is 0 Å². The molecule has 0 aliphatic heterocycles. The van der Waals surface area contributed by atoms with Crippen LogP contribution in [0.4, 0.5) is 5.69 Å². The Bertz CT molecular complexity index is 398. The summed E-state index contributed by atoms with van der Waals surface area (Å²) in [5.74, 6) is -0.0431. The highest BCUT2D eigenvalue weighted by Gasteiger charge is 2.10. The van der Waals surface area contributed by atoms with Gasteiger partial charge in [0.05, 0.1) is 10.7 Å². The summed E-state index contributed by atoms with van der Waals surface area (Å²) in [6, 6.07) is 5.53. The van der Waals surface area contributed by atoms with Crippen LogP contribution in [-0.2, 0) is 4.79 Å². The van der Waals surface area contributed by atoms with Gasteiger partial charge in [-0.15, -0.1) is 0 Å². The highest BCUT2D eigenvalue weighted by atomic mass is 79.9. The highest BCUT2D eigenvalue weighted by Crippen LogP contribution is 2.25. The molecule has 0 fully saturated rings. The molecule has 1 aromatic carbocycles. The first-order valence-corrected chi connectivity index (χ1v) is 6.68. The van der Waals surface area contributed by atoms with Gasteiger partial charge in [-0.2, -0.15) is 0 Å². The molecule has 1 unspecified atom stereocenters. The van der Waals surface area contributed by atoms with Crippen LogP contribution in [0.1, 0.15) is 20.3 Å². The summed E-state index contributed by atoms with van der Waals surface area (Å²) in [7, 11) is 0. The van der Waals surface area contributed by atoms with Gasteiger partial charge in [0.2, 0.25) is 5.91 Å². The number of rotatable bonds is 5. The molecule has 1 amide bonds. The molecule has 3 nitrogen and oxygen atoms in total. The standard InChI is InChI=1S/C12H16BrClN2O/c1-3-15-8(2)6-12(17)16-11-7-9(13)4-5-10(11)14/h4-5,7-8,15H,3,6H2,1-2H3,(H,16,17). The van der Waals surface area contributed by atoms with Gasteiger partial charge in [0.25, 0.3) is 0 Å². The number of hydrogen-bond acceptors (Lipinski definition) is 2. The summed E-state index contributed by atoms with van der Waals surface area (Å²) in [4.78, 5) is 11.7. The van der Waals surface area contributed by atoms with Crippen LogP contribution in [0, 0.1) is 0 Å². The van der Waals surface area contributed by atoms with Crippen molar-refractivity contribution in [3.63, 3.8) is 0 Å². The van der Waals surface area contributed by atoms with Crippen LogP contribution in [0.5, 0.6) is 0 Å². The predicted octanol–water partition coefficient (Wildman–Crippen LogP) is 3.43. The average Bonchev–Trinajstić information content (AvgIpc) is 2.23. The number of anilines is 1. The van der Waals surface area contributed by atoms with E-state index in [-0.39, 0.29) is 11.9 Å². The second-order valence-corrected chi connectivity index (χ2v) is 5.16. The zero-order chi connectivity index (χ0) is 12.8. The summed E-state index contributed by atoms with van der Waals surface area (Å²) < 4.78 is 0.886. The minimum Gasteiger partial charge on any atom is -0.325 e. The number of benzene rings is 1. The maximum absolute atomic E-state index is 11.7. The minimum atomic E-state index is -0.0431. The zero-order valence-electron chi connectivity index (χ0n) is 9.89. The minimum absolute atomic E-state index is 0.0431. The molecule has 1 atom stereocenters. The van der Waals surface area contributed by atoms with Gasteiger partial charge in [0, 0.05) is 16.9 Å². The molecule has 1 aromatic rings. The monoisotopic (exact) mass is 318 g/mol. The lowest BCUT2D eigenvalue weighted by Crippen LogP contribution is -2.30. The molecule has 2 N–H and O–H groups in total. The topological polar surface area (TPSA) is 41.1 Å². The van der Waals surface area contributed by atoms with Crippen molar-refractivity contribution < 1.29 is 4.79 Å². The van der Waals surface area contributed by atoms with Crippen LogP contribution < -0.4 is 10.6 Å². The number of hydrogen-bond donors (Lipinski definition) is 2. The van der Waals surface area contributed by atoms with Crippen LogP contribution in [0.3, 0.4) is 0 Å². The largest absolute Gasteiger partial charge is 0.325 e. The SMILES string of the molecule is CCNC(C)CC(=O)Nc1cc(Br)ccc1Cl. The third kappa shape index (κ3) is 5.06. The van der Waals surface area contributed by atoms with Gasteiger partial charge >= 0.3 is 0 Å². The fraction of sp³-hybridized carbons (Fsp3) is 0.417. The fourth-order valence-corrected chi connectivity index (χ4v) is 2.02. The molecular weight excluding hydrogens is 304 g/mol. The van der Waals surface area contributed by atoms with E-state index in [4.69, 9.17) is 11.6 Å². The number of halogens is 2. The van der Waals surface area contributed by atoms with Crippen LogP contribution >= 0.6 is 27.5 Å². The Hall–Kier alpha value is -0.580. The second-order valence-electron chi connectivity index (χ2n) is 3.84. The van der Waals surface area contributed by atoms with Gasteiger partial charge in [-0.25, -0.2) is 0 Å². The summed E-state index contributed by atoms with van der Waals surface area (Å²) in [5.41, 5.74) is 0.634. The highest BCUT2D eigenvalue weighted by molar-refractivity contribution is 9.10. The summed E-state index contributed by atoms with van der Waals surface area (Å²) in [5, 5.41) is 6.52. The molecular formula is C12H16BrClN2O. The number of amides is 1. The van der Waals surface area contributed by atoms with E-state index in [1.807, 2.05) is 19.9 Å². The molecule has 1 rings (SSSR count). The third-order valence-corrected chi connectivity index (χ3v) is 3.07. The van der Waals surface area contributed by atoms with Crippen molar-refractivity contribution in [1.82, 2.24) is 5.32 Å². The summed E-state index contributed by atoms with van der Waals surface area (Å²) >= 11 is 9.33. The second kappa shape index (κ2) is 6.99. The maximum atomic E-state index is 11.7. The van der Waals surface area contributed by atoms with Gasteiger partial charge in [-0.1, -0.05) is 34.5 Å². The Kier molecular flexibility index (Phi) is 5.95. The van der Waals surface area contributed by atoms with Crippen molar-refractivity contribution in [2.45, 2.75) is 26.3 Å². The van der Waals surface area contributed by atoms with Crippen LogP contribution in [-0.4, -0.2) is 18.5 Å². The molecule has 5 heteroatoms. The van der Waals surface area contributed by atoms with Crippen molar-refractivity contribution in [2.75, 3.05) is 11.9 Å². The van der Waals surface area contributed by atoms with Gasteiger partial charge in [-0.05, 0) is 31.7 Å². The third-order valence-electron chi connectivity index (χ3n) is 2.25. The van der Waals surface area contributed by atoms with E-state index in [0.717, 1.165) is 11.0 Å². The Morgan fingerprint density at radius 2 is 2.24 bits per heavy atom. The van der Waals surface area contributed by atoms with E-state index in [1.165, 1.54) is 0 Å². The molecule has 0 aromatic heterocycles. The van der Waals surface area contributed by atoms with E-state index in [2.05, 4.69) is 26.6 Å². The van der Waals surface area contributed by atoms with Gasteiger partial charge in [0.1, 0.15) is 0 Å². The van der Waals surface area contributed by atoms with Gasteiger partial charge < -0.3 is 10.6 Å². The zero-order valence-corrected chi connectivity index (χ0v) is 12.2.